The molecule has 1 aromatic rings. The summed E-state index contributed by atoms with van der Waals surface area (Å²) in [6.07, 6.45) is 0.156. The lowest BCUT2D eigenvalue weighted by Crippen LogP contribution is -2.19. The molecule has 0 bridgehead atoms. The Kier molecular flexibility index (Phi) is 6.57. The first-order chi connectivity index (χ1) is 10.4. The number of rotatable bonds is 9. The highest BCUT2D eigenvalue weighted by atomic mass is 32.2. The summed E-state index contributed by atoms with van der Waals surface area (Å²) in [5.74, 6) is -0.342. The molecule has 0 saturated heterocycles. The van der Waals surface area contributed by atoms with E-state index in [-0.39, 0.29) is 48.1 Å². The van der Waals surface area contributed by atoms with E-state index >= 15 is 0 Å². The van der Waals surface area contributed by atoms with Crippen LogP contribution in [0.1, 0.15) is 6.42 Å². The second-order valence-corrected chi connectivity index (χ2v) is 6.61. The molecule has 0 saturated carbocycles. The third-order valence-corrected chi connectivity index (χ3v) is 4.42. The molecule has 0 fully saturated rings. The summed E-state index contributed by atoms with van der Waals surface area (Å²) in [6.45, 7) is -0.214. The van der Waals surface area contributed by atoms with Gasteiger partial charge in [0, 0.05) is 29.8 Å². The Hall–Kier alpha value is -2.36. The molecule has 1 rings (SSSR count). The van der Waals surface area contributed by atoms with Gasteiger partial charge in [-0.2, -0.15) is 0 Å². The standard InChI is InChI=1S/C11H15N5O5S/c12-15-14-9-2-3-10(11(8-9)16(18)19)13-4-7-22(20,21)6-1-5-17/h2-3,8,13,17H,1,4-7H2. The van der Waals surface area contributed by atoms with E-state index in [1.807, 2.05) is 0 Å². The van der Waals surface area contributed by atoms with Gasteiger partial charge in [-0.3, -0.25) is 10.1 Å². The molecule has 22 heavy (non-hydrogen) atoms. The quantitative estimate of drug-likeness (QED) is 0.231. The minimum atomic E-state index is -3.32. The van der Waals surface area contributed by atoms with Gasteiger partial charge < -0.3 is 10.4 Å². The van der Waals surface area contributed by atoms with Crippen molar-refractivity contribution in [3.8, 4) is 0 Å². The summed E-state index contributed by atoms with van der Waals surface area (Å²) in [6, 6.07) is 3.83. The summed E-state index contributed by atoms with van der Waals surface area (Å²) >= 11 is 0. The van der Waals surface area contributed by atoms with E-state index < -0.39 is 14.8 Å². The average Bonchev–Trinajstić information content (AvgIpc) is 2.46. The van der Waals surface area contributed by atoms with Crippen LogP contribution in [0.25, 0.3) is 10.4 Å². The van der Waals surface area contributed by atoms with E-state index in [4.69, 9.17) is 10.6 Å². The van der Waals surface area contributed by atoms with Crippen LogP contribution in [0.5, 0.6) is 0 Å². The van der Waals surface area contributed by atoms with Crippen molar-refractivity contribution in [2.45, 2.75) is 6.42 Å². The van der Waals surface area contributed by atoms with E-state index in [1.165, 1.54) is 12.1 Å². The van der Waals surface area contributed by atoms with Crippen LogP contribution >= 0.6 is 0 Å². The van der Waals surface area contributed by atoms with Gasteiger partial charge in [-0.1, -0.05) is 11.2 Å². The molecule has 0 aliphatic carbocycles. The minimum absolute atomic E-state index is 0.00450. The largest absolute Gasteiger partial charge is 0.396 e. The van der Waals surface area contributed by atoms with E-state index in [0.29, 0.717) is 0 Å². The number of aliphatic hydroxyl groups is 1. The molecule has 11 heteroatoms. The van der Waals surface area contributed by atoms with E-state index in [2.05, 4.69) is 15.3 Å². The van der Waals surface area contributed by atoms with Crippen molar-refractivity contribution >= 4 is 26.9 Å². The molecule has 10 nitrogen and oxygen atoms in total. The predicted molar refractivity (Wildman–Crippen MR) is 80.7 cm³/mol. The summed E-state index contributed by atoms with van der Waals surface area (Å²) in [5.41, 5.74) is 8.23. The van der Waals surface area contributed by atoms with Crippen LogP contribution in [-0.4, -0.2) is 43.1 Å². The number of nitrogens with one attached hydrogen (secondary N) is 1. The van der Waals surface area contributed by atoms with Gasteiger partial charge in [-0.05, 0) is 18.0 Å². The second-order valence-electron chi connectivity index (χ2n) is 4.30. The van der Waals surface area contributed by atoms with Crippen molar-refractivity contribution in [3.63, 3.8) is 0 Å². The lowest BCUT2D eigenvalue weighted by molar-refractivity contribution is -0.383. The van der Waals surface area contributed by atoms with Crippen LogP contribution in [0.3, 0.4) is 0 Å². The molecule has 0 heterocycles. The Bertz CT molecular complexity index is 684. The number of hydrogen-bond donors (Lipinski definition) is 2. The van der Waals surface area contributed by atoms with E-state index in [1.54, 1.807) is 0 Å². The maximum atomic E-state index is 11.6. The smallest absolute Gasteiger partial charge is 0.292 e. The number of aliphatic hydroxyl groups excluding tert-OH is 1. The summed E-state index contributed by atoms with van der Waals surface area (Å²) in [5, 5.41) is 25.5. The van der Waals surface area contributed by atoms with E-state index in [0.717, 1.165) is 6.07 Å². The van der Waals surface area contributed by atoms with Gasteiger partial charge in [0.15, 0.2) is 9.84 Å². The molecular formula is C11H15N5O5S. The fourth-order valence-electron chi connectivity index (χ4n) is 1.66. The zero-order valence-corrected chi connectivity index (χ0v) is 12.4. The highest BCUT2D eigenvalue weighted by Crippen LogP contribution is 2.29. The number of nitro groups is 1. The highest BCUT2D eigenvalue weighted by molar-refractivity contribution is 7.91. The highest BCUT2D eigenvalue weighted by Gasteiger charge is 2.15. The lowest BCUT2D eigenvalue weighted by atomic mass is 10.2. The zero-order chi connectivity index (χ0) is 16.6. The third kappa shape index (κ3) is 5.56. The Morgan fingerprint density at radius 1 is 1.41 bits per heavy atom. The normalized spacial score (nSPS) is 10.8. The van der Waals surface area contributed by atoms with Gasteiger partial charge in [0.25, 0.3) is 5.69 Å². The molecule has 0 radical (unpaired) electrons. The zero-order valence-electron chi connectivity index (χ0n) is 11.5. The van der Waals surface area contributed by atoms with Crippen LogP contribution < -0.4 is 5.32 Å². The lowest BCUT2D eigenvalue weighted by Gasteiger charge is -2.08. The topological polar surface area (TPSA) is 158 Å². The van der Waals surface area contributed by atoms with Crippen LogP contribution in [0, 0.1) is 10.1 Å². The Labute approximate surface area is 126 Å². The number of nitrogens with zero attached hydrogens (tertiary/aromatic N) is 4. The van der Waals surface area contributed by atoms with Crippen molar-refractivity contribution in [2.24, 2.45) is 5.11 Å². The number of sulfone groups is 1. The summed E-state index contributed by atoms with van der Waals surface area (Å²) < 4.78 is 23.2. The molecule has 0 amide bonds. The fraction of sp³-hybridized carbons (Fsp3) is 0.455. The second kappa shape index (κ2) is 8.17. The third-order valence-electron chi connectivity index (χ3n) is 2.68. The maximum Gasteiger partial charge on any atom is 0.292 e. The summed E-state index contributed by atoms with van der Waals surface area (Å²) in [4.78, 5) is 12.9. The maximum absolute atomic E-state index is 11.6. The number of benzene rings is 1. The fourth-order valence-corrected chi connectivity index (χ4v) is 2.85. The molecule has 1 aromatic carbocycles. The van der Waals surface area contributed by atoms with Crippen molar-refractivity contribution in [3.05, 3.63) is 38.8 Å². The van der Waals surface area contributed by atoms with Crippen molar-refractivity contribution in [1.82, 2.24) is 0 Å². The SMILES string of the molecule is [N-]=[N+]=Nc1ccc(NCCS(=O)(=O)CCCO)c([N+](=O)[O-])c1. The first-order valence-electron chi connectivity index (χ1n) is 6.28. The number of nitro benzene ring substituents is 1. The van der Waals surface area contributed by atoms with E-state index in [9.17, 15) is 18.5 Å². The Balaban J connectivity index is 2.77. The van der Waals surface area contributed by atoms with Gasteiger partial charge in [-0.25, -0.2) is 8.42 Å². The van der Waals surface area contributed by atoms with Gasteiger partial charge in [0.1, 0.15) is 5.69 Å². The van der Waals surface area contributed by atoms with Crippen molar-refractivity contribution in [2.75, 3.05) is 30.0 Å². The van der Waals surface area contributed by atoms with Gasteiger partial charge in [0.05, 0.1) is 16.4 Å². The van der Waals surface area contributed by atoms with Gasteiger partial charge in [-0.15, -0.1) is 0 Å². The van der Waals surface area contributed by atoms with Crippen molar-refractivity contribution in [1.29, 1.82) is 0 Å². The predicted octanol–water partition coefficient (Wildman–Crippen LogP) is 1.75. The van der Waals surface area contributed by atoms with Crippen LogP contribution in [0.15, 0.2) is 23.3 Å². The Morgan fingerprint density at radius 2 is 2.14 bits per heavy atom. The van der Waals surface area contributed by atoms with Crippen LogP contribution in [0.2, 0.25) is 0 Å². The molecule has 0 atom stereocenters. The van der Waals surface area contributed by atoms with Crippen LogP contribution in [0.4, 0.5) is 17.1 Å². The molecular weight excluding hydrogens is 314 g/mol. The van der Waals surface area contributed by atoms with Gasteiger partial charge >= 0.3 is 0 Å². The molecule has 0 spiro atoms. The minimum Gasteiger partial charge on any atom is -0.396 e. The first-order valence-corrected chi connectivity index (χ1v) is 8.10. The average molecular weight is 329 g/mol. The molecule has 0 aliphatic rings. The first kappa shape index (κ1) is 17.7. The summed E-state index contributed by atoms with van der Waals surface area (Å²) in [7, 11) is -3.32. The molecule has 0 aromatic heterocycles. The molecule has 0 aliphatic heterocycles. The van der Waals surface area contributed by atoms with Crippen molar-refractivity contribution < 1.29 is 18.4 Å². The van der Waals surface area contributed by atoms with Gasteiger partial charge in [0.2, 0.25) is 0 Å². The Morgan fingerprint density at radius 3 is 2.73 bits per heavy atom. The number of azide groups is 1. The molecule has 0 unspecified atom stereocenters. The number of hydrogen-bond acceptors (Lipinski definition) is 7. The number of anilines is 1. The molecule has 2 N–H and O–H groups in total. The molecule has 120 valence electrons. The monoisotopic (exact) mass is 329 g/mol. The van der Waals surface area contributed by atoms with Crippen LogP contribution in [-0.2, 0) is 9.84 Å².